The van der Waals surface area contributed by atoms with Crippen molar-refractivity contribution in [1.29, 1.82) is 5.26 Å². The van der Waals surface area contributed by atoms with Gasteiger partial charge in [0.1, 0.15) is 5.92 Å². The standard InChI is InChI=1S/C16H20N2O2/c1-16(20)8-5-9-18(12-16)15(19)14(11-17)10-13-6-3-2-4-7-13/h2-4,6-7,14,20H,5,8-10,12H2,1H3. The van der Waals surface area contributed by atoms with Gasteiger partial charge in [-0.05, 0) is 31.7 Å². The minimum atomic E-state index is -0.833. The Bertz CT molecular complexity index is 505. The lowest BCUT2D eigenvalue weighted by Gasteiger charge is -2.37. The van der Waals surface area contributed by atoms with Crippen LogP contribution in [0.5, 0.6) is 0 Å². The average Bonchev–Trinajstić information content (AvgIpc) is 2.44. The molecule has 1 aliphatic heterocycles. The molecule has 1 aliphatic rings. The predicted octanol–water partition coefficient (Wildman–Crippen LogP) is 1.74. The van der Waals surface area contributed by atoms with Crippen molar-refractivity contribution >= 4 is 5.91 Å². The largest absolute Gasteiger partial charge is 0.388 e. The SMILES string of the molecule is CC1(O)CCCN(C(=O)C(C#N)Cc2ccccc2)C1. The number of rotatable bonds is 3. The van der Waals surface area contributed by atoms with E-state index in [2.05, 4.69) is 6.07 Å². The number of hydrogen-bond donors (Lipinski definition) is 1. The number of benzene rings is 1. The highest BCUT2D eigenvalue weighted by atomic mass is 16.3. The molecule has 1 fully saturated rings. The van der Waals surface area contributed by atoms with E-state index >= 15 is 0 Å². The van der Waals surface area contributed by atoms with Gasteiger partial charge in [0.2, 0.25) is 5.91 Å². The smallest absolute Gasteiger partial charge is 0.240 e. The van der Waals surface area contributed by atoms with Gasteiger partial charge in [0.15, 0.2) is 0 Å². The fourth-order valence-electron chi connectivity index (χ4n) is 2.67. The summed E-state index contributed by atoms with van der Waals surface area (Å²) in [6, 6.07) is 11.7. The topological polar surface area (TPSA) is 64.3 Å². The maximum Gasteiger partial charge on any atom is 0.240 e. The van der Waals surface area contributed by atoms with Crippen LogP contribution in [0.25, 0.3) is 0 Å². The zero-order valence-corrected chi connectivity index (χ0v) is 11.7. The third-order valence-electron chi connectivity index (χ3n) is 3.72. The minimum Gasteiger partial charge on any atom is -0.388 e. The molecule has 106 valence electrons. The van der Waals surface area contributed by atoms with E-state index in [1.807, 2.05) is 30.3 Å². The molecule has 1 aromatic rings. The molecule has 0 aromatic heterocycles. The van der Waals surface area contributed by atoms with Crippen molar-refractivity contribution in [2.75, 3.05) is 13.1 Å². The summed E-state index contributed by atoms with van der Waals surface area (Å²) in [6.07, 6.45) is 1.91. The number of piperidine rings is 1. The van der Waals surface area contributed by atoms with Crippen LogP contribution in [-0.4, -0.2) is 34.6 Å². The second kappa shape index (κ2) is 6.06. The number of aliphatic hydroxyl groups is 1. The van der Waals surface area contributed by atoms with Gasteiger partial charge in [-0.15, -0.1) is 0 Å². The molecule has 2 unspecified atom stereocenters. The first-order valence-corrected chi connectivity index (χ1v) is 6.96. The number of β-amino-alcohol motifs (C(OH)–C–C–N with tert-alkyl or cyclic N) is 1. The number of carbonyl (C=O) groups is 1. The van der Waals surface area contributed by atoms with Crippen LogP contribution in [0.2, 0.25) is 0 Å². The first-order chi connectivity index (χ1) is 9.52. The van der Waals surface area contributed by atoms with E-state index in [1.54, 1.807) is 11.8 Å². The van der Waals surface area contributed by atoms with Crippen LogP contribution in [0, 0.1) is 17.2 Å². The molecule has 20 heavy (non-hydrogen) atoms. The molecule has 1 amide bonds. The summed E-state index contributed by atoms with van der Waals surface area (Å²) in [5, 5.41) is 19.3. The summed E-state index contributed by atoms with van der Waals surface area (Å²) in [5.41, 5.74) is 0.150. The zero-order valence-electron chi connectivity index (χ0n) is 11.7. The van der Waals surface area contributed by atoms with Crippen LogP contribution in [0.4, 0.5) is 0 Å². The van der Waals surface area contributed by atoms with Gasteiger partial charge in [-0.1, -0.05) is 30.3 Å². The molecular formula is C16H20N2O2. The van der Waals surface area contributed by atoms with E-state index in [9.17, 15) is 15.2 Å². The molecular weight excluding hydrogens is 252 g/mol. The fraction of sp³-hybridized carbons (Fsp3) is 0.500. The van der Waals surface area contributed by atoms with Gasteiger partial charge in [0.25, 0.3) is 0 Å². The van der Waals surface area contributed by atoms with Gasteiger partial charge in [-0.25, -0.2) is 0 Å². The van der Waals surface area contributed by atoms with Crippen molar-refractivity contribution in [1.82, 2.24) is 4.90 Å². The quantitative estimate of drug-likeness (QED) is 0.911. The van der Waals surface area contributed by atoms with Gasteiger partial charge in [0, 0.05) is 13.1 Å². The number of nitriles is 1. The number of nitrogens with zero attached hydrogens (tertiary/aromatic N) is 2. The molecule has 0 bridgehead atoms. The minimum absolute atomic E-state index is 0.170. The molecule has 2 atom stereocenters. The van der Waals surface area contributed by atoms with E-state index < -0.39 is 11.5 Å². The lowest BCUT2D eigenvalue weighted by atomic mass is 9.92. The van der Waals surface area contributed by atoms with Gasteiger partial charge in [-0.2, -0.15) is 5.26 Å². The van der Waals surface area contributed by atoms with E-state index in [4.69, 9.17) is 0 Å². The second-order valence-corrected chi connectivity index (χ2v) is 5.73. The van der Waals surface area contributed by atoms with Crippen molar-refractivity contribution < 1.29 is 9.90 Å². The molecule has 0 spiro atoms. The Kier molecular flexibility index (Phi) is 4.41. The third-order valence-corrected chi connectivity index (χ3v) is 3.72. The maximum absolute atomic E-state index is 12.4. The summed E-state index contributed by atoms with van der Waals surface area (Å²) in [5.74, 6) is -0.845. The van der Waals surface area contributed by atoms with Crippen molar-refractivity contribution in [3.8, 4) is 6.07 Å². The van der Waals surface area contributed by atoms with E-state index in [0.29, 0.717) is 25.9 Å². The number of likely N-dealkylation sites (tertiary alicyclic amines) is 1. The Hall–Kier alpha value is -1.86. The van der Waals surface area contributed by atoms with Crippen molar-refractivity contribution in [3.63, 3.8) is 0 Å². The Labute approximate surface area is 119 Å². The summed E-state index contributed by atoms with van der Waals surface area (Å²) < 4.78 is 0. The van der Waals surface area contributed by atoms with E-state index in [1.165, 1.54) is 0 Å². The molecule has 4 nitrogen and oxygen atoms in total. The number of hydrogen-bond acceptors (Lipinski definition) is 3. The van der Waals surface area contributed by atoms with Gasteiger partial charge < -0.3 is 10.0 Å². The number of carbonyl (C=O) groups excluding carboxylic acids is 1. The molecule has 0 radical (unpaired) electrons. The summed E-state index contributed by atoms with van der Waals surface area (Å²) >= 11 is 0. The highest BCUT2D eigenvalue weighted by molar-refractivity contribution is 5.81. The Morgan fingerprint density at radius 1 is 1.50 bits per heavy atom. The van der Waals surface area contributed by atoms with Crippen LogP contribution in [0.15, 0.2) is 30.3 Å². The van der Waals surface area contributed by atoms with Crippen molar-refractivity contribution in [2.24, 2.45) is 5.92 Å². The van der Waals surface area contributed by atoms with Gasteiger partial charge in [-0.3, -0.25) is 4.79 Å². The summed E-state index contributed by atoms with van der Waals surface area (Å²) in [7, 11) is 0. The Morgan fingerprint density at radius 2 is 2.20 bits per heavy atom. The van der Waals surface area contributed by atoms with Crippen molar-refractivity contribution in [3.05, 3.63) is 35.9 Å². The molecule has 0 aliphatic carbocycles. The monoisotopic (exact) mass is 272 g/mol. The second-order valence-electron chi connectivity index (χ2n) is 5.73. The highest BCUT2D eigenvalue weighted by Gasteiger charge is 2.33. The zero-order chi connectivity index (χ0) is 14.6. The first kappa shape index (κ1) is 14.5. The summed E-state index contributed by atoms with van der Waals surface area (Å²) in [4.78, 5) is 14.0. The molecule has 1 heterocycles. The van der Waals surface area contributed by atoms with Crippen LogP contribution in [0.3, 0.4) is 0 Å². The molecule has 0 saturated carbocycles. The first-order valence-electron chi connectivity index (χ1n) is 6.96. The van der Waals surface area contributed by atoms with E-state index in [-0.39, 0.29) is 5.91 Å². The molecule has 4 heteroatoms. The third kappa shape index (κ3) is 3.58. The van der Waals surface area contributed by atoms with Crippen LogP contribution in [0.1, 0.15) is 25.3 Å². The fourth-order valence-corrected chi connectivity index (χ4v) is 2.67. The molecule has 2 rings (SSSR count). The molecule has 1 saturated heterocycles. The van der Waals surface area contributed by atoms with Crippen LogP contribution in [-0.2, 0) is 11.2 Å². The van der Waals surface area contributed by atoms with E-state index in [0.717, 1.165) is 12.0 Å². The lowest BCUT2D eigenvalue weighted by molar-refractivity contribution is -0.140. The Balaban J connectivity index is 2.04. The summed E-state index contributed by atoms with van der Waals surface area (Å²) in [6.45, 7) is 2.69. The van der Waals surface area contributed by atoms with Crippen LogP contribution >= 0.6 is 0 Å². The normalized spacial score (nSPS) is 23.9. The van der Waals surface area contributed by atoms with Crippen LogP contribution < -0.4 is 0 Å². The number of amides is 1. The van der Waals surface area contributed by atoms with Crippen molar-refractivity contribution in [2.45, 2.75) is 31.8 Å². The van der Waals surface area contributed by atoms with Gasteiger partial charge >= 0.3 is 0 Å². The maximum atomic E-state index is 12.4. The molecule has 1 N–H and O–H groups in total. The Morgan fingerprint density at radius 3 is 2.80 bits per heavy atom. The average molecular weight is 272 g/mol. The predicted molar refractivity (Wildman–Crippen MR) is 75.7 cm³/mol. The molecule has 1 aromatic carbocycles. The highest BCUT2D eigenvalue weighted by Crippen LogP contribution is 2.22. The van der Waals surface area contributed by atoms with Gasteiger partial charge in [0.05, 0.1) is 11.7 Å². The lowest BCUT2D eigenvalue weighted by Crippen LogP contribution is -2.50.